The third-order valence-corrected chi connectivity index (χ3v) is 6.03. The number of carbonyl (C=O) groups excluding carboxylic acids is 1. The number of hydrogen-bond acceptors (Lipinski definition) is 7. The minimum absolute atomic E-state index is 0.191. The predicted molar refractivity (Wildman–Crippen MR) is 117 cm³/mol. The molecule has 30 heavy (non-hydrogen) atoms. The number of carbonyl (C=O) groups is 1. The highest BCUT2D eigenvalue weighted by atomic mass is 32.1. The molecule has 1 saturated heterocycles. The first kappa shape index (κ1) is 20.3. The highest BCUT2D eigenvalue weighted by Crippen LogP contribution is 2.25. The summed E-state index contributed by atoms with van der Waals surface area (Å²) in [5.74, 6) is 0.359. The molecule has 1 aromatic carbocycles. The zero-order chi connectivity index (χ0) is 20.9. The van der Waals surface area contributed by atoms with Crippen molar-refractivity contribution in [1.82, 2.24) is 19.9 Å². The number of hydrogen-bond donors (Lipinski definition) is 1. The van der Waals surface area contributed by atoms with E-state index in [-0.39, 0.29) is 18.1 Å². The van der Waals surface area contributed by atoms with Crippen molar-refractivity contribution in [3.05, 3.63) is 51.9 Å². The summed E-state index contributed by atoms with van der Waals surface area (Å²) < 4.78 is 7.09. The van der Waals surface area contributed by atoms with Crippen LogP contribution in [0.2, 0.25) is 0 Å². The van der Waals surface area contributed by atoms with E-state index < -0.39 is 5.56 Å². The monoisotopic (exact) mass is 427 g/mol. The number of nitrogens with zero attached hydrogens (tertiary/aromatic N) is 4. The van der Waals surface area contributed by atoms with Crippen LogP contribution in [0, 0.1) is 0 Å². The van der Waals surface area contributed by atoms with Crippen LogP contribution in [0.3, 0.4) is 0 Å². The number of para-hydroxylation sites is 1. The van der Waals surface area contributed by atoms with E-state index in [1.807, 2.05) is 31.2 Å². The first-order valence-electron chi connectivity index (χ1n) is 10.3. The Bertz CT molecular complexity index is 1090. The van der Waals surface area contributed by atoms with E-state index in [0.717, 1.165) is 42.4 Å². The molecule has 0 atom stereocenters. The maximum atomic E-state index is 12.9. The quantitative estimate of drug-likeness (QED) is 0.651. The fourth-order valence-electron chi connectivity index (χ4n) is 3.57. The predicted octanol–water partition coefficient (Wildman–Crippen LogP) is 2.86. The third-order valence-electron chi connectivity index (χ3n) is 5.06. The summed E-state index contributed by atoms with van der Waals surface area (Å²) in [7, 11) is 0. The molecule has 0 saturated carbocycles. The number of aromatic nitrogens is 3. The molecule has 1 aliphatic rings. The minimum atomic E-state index is -0.444. The molecule has 0 radical (unpaired) electrons. The highest BCUT2D eigenvalue weighted by Gasteiger charge is 2.19. The molecular weight excluding hydrogens is 402 g/mol. The van der Waals surface area contributed by atoms with Crippen LogP contribution in [0.25, 0.3) is 4.96 Å². The number of fused-ring (bicyclic) bond motifs is 1. The number of amides is 1. The van der Waals surface area contributed by atoms with Crippen molar-refractivity contribution in [2.24, 2.45) is 0 Å². The number of nitrogens with one attached hydrogen (secondary N) is 1. The van der Waals surface area contributed by atoms with Gasteiger partial charge in [-0.25, -0.2) is 0 Å². The maximum Gasteiger partial charge on any atom is 0.274 e. The summed E-state index contributed by atoms with van der Waals surface area (Å²) in [6, 6.07) is 8.80. The van der Waals surface area contributed by atoms with Gasteiger partial charge in [0.25, 0.3) is 11.5 Å². The molecule has 3 heterocycles. The second-order valence-corrected chi connectivity index (χ2v) is 8.12. The number of ether oxygens (including phenoxy) is 1. The van der Waals surface area contributed by atoms with Gasteiger partial charge in [0, 0.05) is 31.3 Å². The van der Waals surface area contributed by atoms with Gasteiger partial charge in [0.15, 0.2) is 0 Å². The summed E-state index contributed by atoms with van der Waals surface area (Å²) in [6.07, 6.45) is 4.67. The van der Waals surface area contributed by atoms with E-state index in [9.17, 15) is 9.59 Å². The van der Waals surface area contributed by atoms with Gasteiger partial charge >= 0.3 is 0 Å². The second-order valence-electron chi connectivity index (χ2n) is 7.18. The molecule has 1 amide bonds. The van der Waals surface area contributed by atoms with Gasteiger partial charge in [-0.1, -0.05) is 42.4 Å². The van der Waals surface area contributed by atoms with Crippen molar-refractivity contribution in [3.63, 3.8) is 0 Å². The summed E-state index contributed by atoms with van der Waals surface area (Å²) in [4.78, 5) is 31.7. The average molecular weight is 428 g/mol. The Morgan fingerprint density at radius 3 is 2.73 bits per heavy atom. The van der Waals surface area contributed by atoms with Crippen molar-refractivity contribution in [2.75, 3.05) is 24.6 Å². The van der Waals surface area contributed by atoms with Gasteiger partial charge in [-0.3, -0.25) is 9.59 Å². The van der Waals surface area contributed by atoms with Gasteiger partial charge in [-0.2, -0.15) is 9.50 Å². The number of rotatable bonds is 6. The molecular formula is C21H25N5O3S. The molecule has 8 nitrogen and oxygen atoms in total. The van der Waals surface area contributed by atoms with Crippen LogP contribution in [0.1, 0.15) is 48.7 Å². The standard InChI is InChI=1S/C21H25N5O3S/c1-2-29-17-10-6-5-9-15(17)14-22-19(28)16-13-18(27)23-20-26(16)24-21(30-20)25-11-7-3-4-8-12-25/h5-6,9-10,13H,2-4,7-8,11-12,14H2,1H3,(H,22,28). The summed E-state index contributed by atoms with van der Waals surface area (Å²) >= 11 is 1.35. The zero-order valence-corrected chi connectivity index (χ0v) is 17.8. The van der Waals surface area contributed by atoms with E-state index >= 15 is 0 Å². The van der Waals surface area contributed by atoms with E-state index in [4.69, 9.17) is 4.74 Å². The third kappa shape index (κ3) is 4.46. The molecule has 1 fully saturated rings. The molecule has 3 aromatic rings. The highest BCUT2D eigenvalue weighted by molar-refractivity contribution is 7.20. The fraction of sp³-hybridized carbons (Fsp3) is 0.429. The summed E-state index contributed by atoms with van der Waals surface area (Å²) in [5, 5.41) is 8.29. The van der Waals surface area contributed by atoms with Gasteiger partial charge in [0.2, 0.25) is 10.1 Å². The van der Waals surface area contributed by atoms with Gasteiger partial charge < -0.3 is 15.0 Å². The zero-order valence-electron chi connectivity index (χ0n) is 17.0. The largest absolute Gasteiger partial charge is 0.494 e. The summed E-state index contributed by atoms with van der Waals surface area (Å²) in [6.45, 7) is 4.61. The lowest BCUT2D eigenvalue weighted by Gasteiger charge is -2.17. The Labute approximate surface area is 178 Å². The molecule has 1 aliphatic heterocycles. The first-order valence-corrected chi connectivity index (χ1v) is 11.1. The van der Waals surface area contributed by atoms with Crippen molar-refractivity contribution < 1.29 is 9.53 Å². The van der Waals surface area contributed by atoms with Crippen LogP contribution in [0.15, 0.2) is 35.1 Å². The molecule has 0 bridgehead atoms. The molecule has 0 spiro atoms. The van der Waals surface area contributed by atoms with Crippen LogP contribution < -0.4 is 20.5 Å². The van der Waals surface area contributed by atoms with Gasteiger partial charge in [-0.15, -0.1) is 5.10 Å². The summed E-state index contributed by atoms with van der Waals surface area (Å²) in [5.41, 5.74) is 0.617. The Hall–Kier alpha value is -2.94. The van der Waals surface area contributed by atoms with Crippen molar-refractivity contribution >= 4 is 27.3 Å². The Kier molecular flexibility index (Phi) is 6.27. The van der Waals surface area contributed by atoms with Crippen LogP contribution >= 0.6 is 11.3 Å². The van der Waals surface area contributed by atoms with Crippen LogP contribution in [-0.4, -0.2) is 40.2 Å². The molecule has 0 aliphatic carbocycles. The lowest BCUT2D eigenvalue weighted by Crippen LogP contribution is -2.28. The smallest absolute Gasteiger partial charge is 0.274 e. The van der Waals surface area contributed by atoms with Gasteiger partial charge in [0.05, 0.1) is 6.61 Å². The van der Waals surface area contributed by atoms with E-state index in [2.05, 4.69) is 20.3 Å². The van der Waals surface area contributed by atoms with Crippen molar-refractivity contribution in [3.8, 4) is 5.75 Å². The Morgan fingerprint density at radius 1 is 1.20 bits per heavy atom. The van der Waals surface area contributed by atoms with E-state index in [1.54, 1.807) is 0 Å². The normalized spacial score (nSPS) is 14.5. The second kappa shape index (κ2) is 9.25. The lowest BCUT2D eigenvalue weighted by molar-refractivity contribution is 0.0943. The van der Waals surface area contributed by atoms with Gasteiger partial charge in [0.1, 0.15) is 11.4 Å². The topological polar surface area (TPSA) is 88.8 Å². The molecule has 1 N–H and O–H groups in total. The maximum absolute atomic E-state index is 12.9. The SMILES string of the molecule is CCOc1ccccc1CNC(=O)c1cc(=O)nc2sc(N3CCCCCC3)nn12. The molecule has 9 heteroatoms. The van der Waals surface area contributed by atoms with Crippen molar-refractivity contribution in [1.29, 1.82) is 0 Å². The van der Waals surface area contributed by atoms with Crippen LogP contribution in [0.5, 0.6) is 5.75 Å². The van der Waals surface area contributed by atoms with Gasteiger partial charge in [-0.05, 0) is 25.8 Å². The molecule has 4 rings (SSSR count). The van der Waals surface area contributed by atoms with Crippen LogP contribution in [0.4, 0.5) is 5.13 Å². The lowest BCUT2D eigenvalue weighted by atomic mass is 10.2. The number of anilines is 1. The fourth-order valence-corrected chi connectivity index (χ4v) is 4.53. The Morgan fingerprint density at radius 2 is 1.97 bits per heavy atom. The molecule has 158 valence electrons. The van der Waals surface area contributed by atoms with Crippen LogP contribution in [-0.2, 0) is 6.54 Å². The molecule has 0 unspecified atom stereocenters. The average Bonchev–Trinajstić information content (AvgIpc) is 2.98. The first-order chi connectivity index (χ1) is 14.7. The Balaban J connectivity index is 1.58. The minimum Gasteiger partial charge on any atom is -0.494 e. The number of benzene rings is 1. The van der Waals surface area contributed by atoms with Crippen molar-refractivity contribution in [2.45, 2.75) is 39.2 Å². The molecule has 2 aromatic heterocycles. The van der Waals surface area contributed by atoms with E-state index in [0.29, 0.717) is 11.6 Å². The van der Waals surface area contributed by atoms with E-state index in [1.165, 1.54) is 34.8 Å².